The number of furan rings is 2. The molecular weight excluding hydrogens is 707 g/mol. The Hall–Kier alpha value is -7.36. The van der Waals surface area contributed by atoms with Crippen LogP contribution in [0.4, 0.5) is 17.1 Å². The van der Waals surface area contributed by atoms with Gasteiger partial charge < -0.3 is 13.7 Å². The zero-order chi connectivity index (χ0) is 38.5. The van der Waals surface area contributed by atoms with Gasteiger partial charge in [-0.05, 0) is 98.9 Å². The molecular formula is C55H37NO2. The van der Waals surface area contributed by atoms with Crippen molar-refractivity contribution in [1.82, 2.24) is 0 Å². The highest BCUT2D eigenvalue weighted by atomic mass is 16.3. The van der Waals surface area contributed by atoms with E-state index in [-0.39, 0.29) is 5.41 Å². The van der Waals surface area contributed by atoms with E-state index in [1.165, 1.54) is 27.8 Å². The zero-order valence-electron chi connectivity index (χ0n) is 32.2. The van der Waals surface area contributed by atoms with Crippen molar-refractivity contribution in [3.8, 4) is 33.4 Å². The molecule has 12 rings (SSSR count). The Morgan fingerprint density at radius 2 is 1.05 bits per heavy atom. The van der Waals surface area contributed by atoms with E-state index in [2.05, 4.69) is 207 Å². The van der Waals surface area contributed by atoms with E-state index < -0.39 is 0 Å². The van der Waals surface area contributed by atoms with Gasteiger partial charge in [0.15, 0.2) is 0 Å². The lowest BCUT2D eigenvalue weighted by Crippen LogP contribution is -2.16. The summed E-state index contributed by atoms with van der Waals surface area (Å²) in [5.41, 5.74) is 16.4. The number of fused-ring (bicyclic) bond motifs is 11. The summed E-state index contributed by atoms with van der Waals surface area (Å²) in [4.78, 5) is 2.40. The first-order valence-corrected chi connectivity index (χ1v) is 20.0. The van der Waals surface area contributed by atoms with Crippen LogP contribution in [0.25, 0.3) is 88.0 Å². The second kappa shape index (κ2) is 12.3. The van der Waals surface area contributed by atoms with Gasteiger partial charge in [-0.25, -0.2) is 0 Å². The van der Waals surface area contributed by atoms with Gasteiger partial charge in [-0.15, -0.1) is 0 Å². The number of benzene rings is 9. The van der Waals surface area contributed by atoms with Crippen LogP contribution in [0.1, 0.15) is 25.0 Å². The Bertz CT molecular complexity index is 3430. The van der Waals surface area contributed by atoms with Crippen molar-refractivity contribution in [2.24, 2.45) is 0 Å². The van der Waals surface area contributed by atoms with Crippen LogP contribution in [0.3, 0.4) is 0 Å². The van der Waals surface area contributed by atoms with Gasteiger partial charge in [-0.1, -0.05) is 147 Å². The molecule has 0 N–H and O–H groups in total. The monoisotopic (exact) mass is 743 g/mol. The van der Waals surface area contributed by atoms with E-state index in [4.69, 9.17) is 8.83 Å². The molecule has 58 heavy (non-hydrogen) atoms. The van der Waals surface area contributed by atoms with Gasteiger partial charge in [0.05, 0.1) is 11.1 Å². The van der Waals surface area contributed by atoms with Crippen LogP contribution in [0.15, 0.2) is 197 Å². The summed E-state index contributed by atoms with van der Waals surface area (Å²) in [5, 5.41) is 6.53. The lowest BCUT2D eigenvalue weighted by atomic mass is 9.82. The third-order valence-electron chi connectivity index (χ3n) is 12.5. The Morgan fingerprint density at radius 3 is 1.91 bits per heavy atom. The van der Waals surface area contributed by atoms with Crippen molar-refractivity contribution < 1.29 is 8.83 Å². The predicted molar refractivity (Wildman–Crippen MR) is 242 cm³/mol. The molecule has 0 radical (unpaired) electrons. The first kappa shape index (κ1) is 32.8. The molecule has 1 aliphatic rings. The quantitative estimate of drug-likeness (QED) is 0.176. The summed E-state index contributed by atoms with van der Waals surface area (Å²) in [6.07, 6.45) is 0. The summed E-state index contributed by atoms with van der Waals surface area (Å²) >= 11 is 0. The van der Waals surface area contributed by atoms with E-state index in [0.29, 0.717) is 0 Å². The number of hydrogen-bond acceptors (Lipinski definition) is 3. The molecule has 0 saturated heterocycles. The minimum atomic E-state index is -0.132. The van der Waals surface area contributed by atoms with Crippen LogP contribution in [-0.4, -0.2) is 0 Å². The van der Waals surface area contributed by atoms with Gasteiger partial charge in [0.2, 0.25) is 0 Å². The molecule has 0 fully saturated rings. The van der Waals surface area contributed by atoms with Crippen molar-refractivity contribution in [2.45, 2.75) is 19.3 Å². The second-order valence-corrected chi connectivity index (χ2v) is 16.0. The molecule has 2 aromatic heterocycles. The van der Waals surface area contributed by atoms with Crippen molar-refractivity contribution in [3.63, 3.8) is 0 Å². The van der Waals surface area contributed by atoms with Gasteiger partial charge >= 0.3 is 0 Å². The van der Waals surface area contributed by atoms with E-state index in [9.17, 15) is 0 Å². The fourth-order valence-electron chi connectivity index (χ4n) is 9.70. The number of hydrogen-bond donors (Lipinski definition) is 0. The second-order valence-electron chi connectivity index (χ2n) is 16.0. The molecule has 11 aromatic rings. The summed E-state index contributed by atoms with van der Waals surface area (Å²) < 4.78 is 13.8. The zero-order valence-corrected chi connectivity index (χ0v) is 32.2. The molecule has 9 aromatic carbocycles. The minimum Gasteiger partial charge on any atom is -0.455 e. The Morgan fingerprint density at radius 1 is 0.379 bits per heavy atom. The molecule has 0 amide bonds. The molecule has 0 spiro atoms. The molecule has 0 bridgehead atoms. The number of anilines is 3. The lowest BCUT2D eigenvalue weighted by molar-refractivity contribution is 0.660. The number of para-hydroxylation sites is 2. The summed E-state index contributed by atoms with van der Waals surface area (Å²) in [5.74, 6) is 0. The maximum atomic E-state index is 6.91. The largest absolute Gasteiger partial charge is 0.455 e. The minimum absolute atomic E-state index is 0.132. The maximum Gasteiger partial charge on any atom is 0.143 e. The molecule has 0 aliphatic heterocycles. The fourth-order valence-corrected chi connectivity index (χ4v) is 9.70. The summed E-state index contributed by atoms with van der Waals surface area (Å²) in [6, 6.07) is 67.5. The van der Waals surface area contributed by atoms with Crippen molar-refractivity contribution in [1.29, 1.82) is 0 Å². The van der Waals surface area contributed by atoms with Crippen LogP contribution >= 0.6 is 0 Å². The third-order valence-corrected chi connectivity index (χ3v) is 12.5. The van der Waals surface area contributed by atoms with Crippen LogP contribution in [0.5, 0.6) is 0 Å². The lowest BCUT2D eigenvalue weighted by Gasteiger charge is -2.28. The van der Waals surface area contributed by atoms with Crippen LogP contribution in [-0.2, 0) is 5.41 Å². The standard InChI is InChI=1S/C55H37NO2/c1-55(2)47-24-12-11-20-39(47)40-30-28-37(32-48(40)55)56(36-17-7-4-8-18-36)49-25-14-26-50-52(49)46-33-45(38-19-9-10-21-42(38)54(46)57-50)44-23-13-22-43-41-29-27-35(31-51(41)58-53(43)44)34-15-5-3-6-16-34/h3-33H,1-2H3. The van der Waals surface area contributed by atoms with Gasteiger partial charge in [-0.2, -0.15) is 0 Å². The first-order valence-electron chi connectivity index (χ1n) is 20.0. The molecule has 1 aliphatic carbocycles. The summed E-state index contributed by atoms with van der Waals surface area (Å²) in [6.45, 7) is 4.69. The van der Waals surface area contributed by atoms with Crippen LogP contribution in [0, 0.1) is 0 Å². The molecule has 3 heteroatoms. The predicted octanol–water partition coefficient (Wildman–Crippen LogP) is 15.7. The molecule has 0 atom stereocenters. The first-order chi connectivity index (χ1) is 28.5. The molecule has 0 unspecified atom stereocenters. The average Bonchev–Trinajstić information content (AvgIpc) is 3.92. The Balaban J connectivity index is 1.10. The highest BCUT2D eigenvalue weighted by molar-refractivity contribution is 6.24. The number of nitrogens with zero attached hydrogens (tertiary/aromatic N) is 1. The van der Waals surface area contributed by atoms with Crippen molar-refractivity contribution in [3.05, 3.63) is 199 Å². The average molecular weight is 744 g/mol. The molecule has 3 nitrogen and oxygen atoms in total. The van der Waals surface area contributed by atoms with Crippen LogP contribution in [0.2, 0.25) is 0 Å². The van der Waals surface area contributed by atoms with Gasteiger partial charge in [0.1, 0.15) is 22.3 Å². The van der Waals surface area contributed by atoms with Crippen molar-refractivity contribution >= 4 is 71.7 Å². The van der Waals surface area contributed by atoms with Gasteiger partial charge in [-0.3, -0.25) is 0 Å². The van der Waals surface area contributed by atoms with E-state index in [1.807, 2.05) is 0 Å². The van der Waals surface area contributed by atoms with E-state index in [1.54, 1.807) is 0 Å². The highest BCUT2D eigenvalue weighted by Gasteiger charge is 2.36. The van der Waals surface area contributed by atoms with Crippen LogP contribution < -0.4 is 4.90 Å². The number of rotatable bonds is 5. The van der Waals surface area contributed by atoms with Gasteiger partial charge in [0.25, 0.3) is 0 Å². The van der Waals surface area contributed by atoms with Crippen molar-refractivity contribution in [2.75, 3.05) is 4.90 Å². The maximum absolute atomic E-state index is 6.91. The SMILES string of the molecule is CC1(C)c2ccccc2-c2ccc(N(c3ccccc3)c3cccc4oc5c6ccccc6c(-c6cccc7c6oc6cc(-c8ccccc8)ccc67)cc5c34)cc21. The molecule has 2 heterocycles. The topological polar surface area (TPSA) is 29.5 Å². The normalized spacial score (nSPS) is 13.1. The van der Waals surface area contributed by atoms with E-state index in [0.717, 1.165) is 88.4 Å². The summed E-state index contributed by atoms with van der Waals surface area (Å²) in [7, 11) is 0. The highest BCUT2D eigenvalue weighted by Crippen LogP contribution is 2.52. The molecule has 274 valence electrons. The van der Waals surface area contributed by atoms with Gasteiger partial charge in [0, 0.05) is 43.9 Å². The molecule has 0 saturated carbocycles. The fraction of sp³-hybridized carbons (Fsp3) is 0.0545. The smallest absolute Gasteiger partial charge is 0.143 e. The Labute approximate surface area is 336 Å². The van der Waals surface area contributed by atoms with E-state index >= 15 is 0 Å². The Kier molecular flexibility index (Phi) is 6.98. The third kappa shape index (κ3) is 4.74.